The highest BCUT2D eigenvalue weighted by atomic mass is 32.1. The van der Waals surface area contributed by atoms with E-state index in [9.17, 15) is 4.79 Å². The number of aromatic amines is 1. The van der Waals surface area contributed by atoms with Gasteiger partial charge in [0.15, 0.2) is 0 Å². The molecule has 3 aromatic heterocycles. The number of hydrogen-bond acceptors (Lipinski definition) is 7. The number of pyridine rings is 2. The van der Waals surface area contributed by atoms with Crippen molar-refractivity contribution in [2.45, 2.75) is 38.5 Å². The number of nitrogens with one attached hydrogen (secondary N) is 3. The molecule has 2 aliphatic heterocycles. The van der Waals surface area contributed by atoms with E-state index in [1.165, 1.54) is 25.9 Å². The molecule has 2 fully saturated rings. The third-order valence-corrected chi connectivity index (χ3v) is 6.24. The summed E-state index contributed by atoms with van der Waals surface area (Å²) in [6, 6.07) is 5.36. The summed E-state index contributed by atoms with van der Waals surface area (Å²) >= 11 is 1.71. The Balaban J connectivity index is 0.000000359. The van der Waals surface area contributed by atoms with Crippen LogP contribution in [0.2, 0.25) is 0 Å². The summed E-state index contributed by atoms with van der Waals surface area (Å²) < 4.78 is 6.51. The highest BCUT2D eigenvalue weighted by Gasteiger charge is 2.19. The number of anilines is 2. The smallest absolute Gasteiger partial charge is 0.249 e. The normalized spacial score (nSPS) is 17.1. The lowest BCUT2D eigenvalue weighted by Crippen LogP contribution is -2.13. The number of aromatic nitrogens is 3. The predicted octanol–water partition coefficient (Wildman–Crippen LogP) is 3.70. The highest BCUT2D eigenvalue weighted by Crippen LogP contribution is 2.33. The van der Waals surface area contributed by atoms with Crippen LogP contribution >= 0.6 is 11.3 Å². The van der Waals surface area contributed by atoms with Crippen molar-refractivity contribution >= 4 is 33.2 Å². The van der Waals surface area contributed by atoms with Crippen LogP contribution in [0.1, 0.15) is 42.2 Å². The fourth-order valence-electron chi connectivity index (χ4n) is 3.55. The molecule has 154 valence electrons. The van der Waals surface area contributed by atoms with Gasteiger partial charge in [0.1, 0.15) is 11.6 Å². The minimum Gasteiger partial charge on any atom is -0.381 e. The number of H-pyrrole nitrogens is 1. The molecule has 2 aliphatic rings. The summed E-state index contributed by atoms with van der Waals surface area (Å²) in [5, 5.41) is 7.53. The standard InChI is InChI=1S/C17H18N4O2S.C4H9N/c1-10-6-15(21-16(22)7-10)20-14-8-12-13(9-18-14)24-17(19-12)11-2-4-23-5-3-11;1-2-4-5-3-1/h6-9,11H,2-5H2,1H3,(H2,18,20,21,22);5H,1-4H2. The van der Waals surface area contributed by atoms with Gasteiger partial charge in [0.2, 0.25) is 5.56 Å². The maximum atomic E-state index is 11.6. The zero-order chi connectivity index (χ0) is 20.1. The molecule has 0 aromatic carbocycles. The Kier molecular flexibility index (Phi) is 6.53. The van der Waals surface area contributed by atoms with Crippen molar-refractivity contribution in [1.82, 2.24) is 20.3 Å². The van der Waals surface area contributed by atoms with Gasteiger partial charge in [0.25, 0.3) is 0 Å². The highest BCUT2D eigenvalue weighted by molar-refractivity contribution is 7.18. The predicted molar refractivity (Wildman–Crippen MR) is 117 cm³/mol. The molecule has 0 atom stereocenters. The van der Waals surface area contributed by atoms with Crippen LogP contribution in [-0.4, -0.2) is 41.3 Å². The molecule has 0 saturated carbocycles. The van der Waals surface area contributed by atoms with Gasteiger partial charge in [-0.1, -0.05) is 0 Å². The summed E-state index contributed by atoms with van der Waals surface area (Å²) in [7, 11) is 0. The fraction of sp³-hybridized carbons (Fsp3) is 0.476. The molecule has 0 unspecified atom stereocenters. The molecule has 29 heavy (non-hydrogen) atoms. The number of ether oxygens (including phenoxy) is 1. The second-order valence-corrected chi connectivity index (χ2v) is 8.56. The average Bonchev–Trinajstić information content (AvgIpc) is 3.41. The van der Waals surface area contributed by atoms with Crippen molar-refractivity contribution in [3.05, 3.63) is 45.3 Å². The Morgan fingerprint density at radius 1 is 1.17 bits per heavy atom. The molecular formula is C21H27N5O2S. The monoisotopic (exact) mass is 413 g/mol. The van der Waals surface area contributed by atoms with E-state index in [2.05, 4.69) is 20.6 Å². The van der Waals surface area contributed by atoms with Gasteiger partial charge in [0.05, 0.1) is 15.2 Å². The van der Waals surface area contributed by atoms with Gasteiger partial charge in [-0.2, -0.15) is 0 Å². The number of fused-ring (bicyclic) bond motifs is 1. The van der Waals surface area contributed by atoms with Gasteiger partial charge in [-0.3, -0.25) is 4.79 Å². The maximum Gasteiger partial charge on any atom is 0.249 e. The first-order valence-corrected chi connectivity index (χ1v) is 11.0. The van der Waals surface area contributed by atoms with Gasteiger partial charge >= 0.3 is 0 Å². The van der Waals surface area contributed by atoms with E-state index >= 15 is 0 Å². The first kappa shape index (κ1) is 20.0. The number of nitrogens with zero attached hydrogens (tertiary/aromatic N) is 2. The molecule has 2 saturated heterocycles. The van der Waals surface area contributed by atoms with Crippen molar-refractivity contribution in [2.75, 3.05) is 31.6 Å². The van der Waals surface area contributed by atoms with E-state index in [0.29, 0.717) is 17.6 Å². The summed E-state index contributed by atoms with van der Waals surface area (Å²) in [6.45, 7) is 6.01. The van der Waals surface area contributed by atoms with Crippen molar-refractivity contribution in [1.29, 1.82) is 0 Å². The zero-order valence-corrected chi connectivity index (χ0v) is 17.5. The topological polar surface area (TPSA) is 91.9 Å². The van der Waals surface area contributed by atoms with Gasteiger partial charge in [-0.25, -0.2) is 9.97 Å². The first-order valence-electron chi connectivity index (χ1n) is 10.2. The largest absolute Gasteiger partial charge is 0.381 e. The lowest BCUT2D eigenvalue weighted by molar-refractivity contribution is 0.0853. The second-order valence-electron chi connectivity index (χ2n) is 7.49. The zero-order valence-electron chi connectivity index (χ0n) is 16.7. The molecule has 0 bridgehead atoms. The van der Waals surface area contributed by atoms with Gasteiger partial charge in [-0.15, -0.1) is 11.3 Å². The average molecular weight is 414 g/mol. The van der Waals surface area contributed by atoms with Crippen LogP contribution in [-0.2, 0) is 4.74 Å². The molecular weight excluding hydrogens is 386 g/mol. The van der Waals surface area contributed by atoms with Crippen LogP contribution in [0.4, 0.5) is 11.6 Å². The van der Waals surface area contributed by atoms with Crippen molar-refractivity contribution in [3.8, 4) is 0 Å². The van der Waals surface area contributed by atoms with E-state index < -0.39 is 0 Å². The van der Waals surface area contributed by atoms with Crippen LogP contribution in [0.15, 0.2) is 29.2 Å². The Labute approximate surface area is 173 Å². The van der Waals surface area contributed by atoms with Crippen LogP contribution in [0.3, 0.4) is 0 Å². The molecule has 5 heterocycles. The molecule has 0 radical (unpaired) electrons. The Morgan fingerprint density at radius 2 is 1.97 bits per heavy atom. The Bertz CT molecular complexity index is 998. The third kappa shape index (κ3) is 5.41. The molecule has 8 heteroatoms. The fourth-order valence-corrected chi connectivity index (χ4v) is 4.64. The minimum absolute atomic E-state index is 0.131. The SMILES string of the molecule is C1CCNC1.Cc1cc(Nc2cc3nc(C4CCOCC4)sc3cn2)[nH]c(=O)c1. The maximum absolute atomic E-state index is 11.6. The van der Waals surface area contributed by atoms with E-state index in [-0.39, 0.29) is 5.56 Å². The molecule has 0 amide bonds. The van der Waals surface area contributed by atoms with Crippen LogP contribution in [0, 0.1) is 6.92 Å². The third-order valence-electron chi connectivity index (χ3n) is 5.07. The molecule has 7 nitrogen and oxygen atoms in total. The molecule has 0 spiro atoms. The number of aryl methyl sites for hydroxylation is 1. The van der Waals surface area contributed by atoms with Crippen molar-refractivity contribution in [2.24, 2.45) is 0 Å². The summed E-state index contributed by atoms with van der Waals surface area (Å²) in [5.74, 6) is 1.79. The van der Waals surface area contributed by atoms with Crippen LogP contribution in [0.5, 0.6) is 0 Å². The van der Waals surface area contributed by atoms with Gasteiger partial charge < -0.3 is 20.4 Å². The second kappa shape index (κ2) is 9.47. The number of rotatable bonds is 3. The Hall–Kier alpha value is -2.29. The molecule has 3 aromatic rings. The van der Waals surface area contributed by atoms with Crippen molar-refractivity contribution < 1.29 is 4.74 Å². The summed E-state index contributed by atoms with van der Waals surface area (Å²) in [4.78, 5) is 23.5. The summed E-state index contributed by atoms with van der Waals surface area (Å²) in [5.41, 5.74) is 1.71. The van der Waals surface area contributed by atoms with E-state index in [0.717, 1.165) is 46.8 Å². The number of thiazole rings is 1. The van der Waals surface area contributed by atoms with Gasteiger partial charge in [-0.05, 0) is 57.3 Å². The molecule has 0 aliphatic carbocycles. The molecule has 5 rings (SSSR count). The number of hydrogen-bond donors (Lipinski definition) is 3. The van der Waals surface area contributed by atoms with E-state index in [1.54, 1.807) is 17.4 Å². The quantitative estimate of drug-likeness (QED) is 0.606. The lowest BCUT2D eigenvalue weighted by atomic mass is 10.0. The van der Waals surface area contributed by atoms with Gasteiger partial charge in [0, 0.05) is 37.5 Å². The van der Waals surface area contributed by atoms with Crippen LogP contribution in [0.25, 0.3) is 10.2 Å². The van der Waals surface area contributed by atoms with Crippen LogP contribution < -0.4 is 16.2 Å². The Morgan fingerprint density at radius 3 is 2.66 bits per heavy atom. The molecule has 3 N–H and O–H groups in total. The summed E-state index contributed by atoms with van der Waals surface area (Å²) in [6.07, 6.45) is 6.68. The van der Waals surface area contributed by atoms with Crippen molar-refractivity contribution in [3.63, 3.8) is 0 Å². The minimum atomic E-state index is -0.131. The first-order chi connectivity index (χ1) is 14.2. The van der Waals surface area contributed by atoms with E-state index in [4.69, 9.17) is 9.72 Å². The van der Waals surface area contributed by atoms with E-state index in [1.807, 2.05) is 25.3 Å². The lowest BCUT2D eigenvalue weighted by Gasteiger charge is -2.19.